The zero-order valence-electron chi connectivity index (χ0n) is 11.2. The Morgan fingerprint density at radius 3 is 2.68 bits per heavy atom. The molecule has 2 heterocycles. The smallest absolute Gasteiger partial charge is 0.265 e. The van der Waals surface area contributed by atoms with Crippen molar-refractivity contribution in [3.8, 4) is 5.75 Å². The maximum Gasteiger partial charge on any atom is 0.265 e. The van der Waals surface area contributed by atoms with Crippen molar-refractivity contribution in [3.05, 3.63) is 58.7 Å². The maximum absolute atomic E-state index is 14.1. The second-order valence-electron chi connectivity index (χ2n) is 5.14. The zero-order chi connectivity index (χ0) is 15.4. The fraction of sp³-hybridized carbons (Fsp3) is 0.125. The Labute approximate surface area is 123 Å². The fourth-order valence-corrected chi connectivity index (χ4v) is 2.87. The van der Waals surface area contributed by atoms with Crippen LogP contribution in [0.3, 0.4) is 0 Å². The second-order valence-corrected chi connectivity index (χ2v) is 5.14. The topological polar surface area (TPSA) is 46.6 Å². The number of anilines is 1. The number of fused-ring (bicyclic) bond motifs is 1. The summed E-state index contributed by atoms with van der Waals surface area (Å²) in [6.45, 7) is -0.395. The van der Waals surface area contributed by atoms with Crippen LogP contribution in [-0.2, 0) is 11.3 Å². The lowest BCUT2D eigenvalue weighted by atomic mass is 9.98. The van der Waals surface area contributed by atoms with Crippen molar-refractivity contribution < 1.29 is 23.1 Å². The Morgan fingerprint density at radius 2 is 1.86 bits per heavy atom. The van der Waals surface area contributed by atoms with Gasteiger partial charge in [-0.05, 0) is 24.3 Å². The van der Waals surface area contributed by atoms with Gasteiger partial charge in [-0.1, -0.05) is 6.07 Å². The molecule has 0 saturated heterocycles. The molecule has 1 amide bonds. The first-order chi connectivity index (χ1) is 10.6. The van der Waals surface area contributed by atoms with Gasteiger partial charge in [0.25, 0.3) is 5.91 Å². The van der Waals surface area contributed by atoms with Gasteiger partial charge < -0.3 is 9.64 Å². The van der Waals surface area contributed by atoms with Crippen molar-refractivity contribution in [3.63, 3.8) is 0 Å². The molecule has 22 heavy (non-hydrogen) atoms. The molecule has 0 saturated carbocycles. The Balaban J connectivity index is 2.05. The van der Waals surface area contributed by atoms with E-state index in [1.807, 2.05) is 0 Å². The van der Waals surface area contributed by atoms with Gasteiger partial charge in [-0.15, -0.1) is 0 Å². The molecule has 0 spiro atoms. The number of amides is 1. The van der Waals surface area contributed by atoms with Crippen molar-refractivity contribution in [1.82, 2.24) is 0 Å². The number of benzene rings is 2. The van der Waals surface area contributed by atoms with Gasteiger partial charge in [0.1, 0.15) is 5.75 Å². The zero-order valence-corrected chi connectivity index (χ0v) is 11.2. The highest BCUT2D eigenvalue weighted by Crippen LogP contribution is 2.40. The van der Waals surface area contributed by atoms with Gasteiger partial charge >= 0.3 is 0 Å². The van der Waals surface area contributed by atoms with Gasteiger partial charge in [0.2, 0.25) is 0 Å². The molecule has 0 aromatic heterocycles. The first-order valence-electron chi connectivity index (χ1n) is 6.65. The third kappa shape index (κ3) is 1.60. The third-order valence-electron chi connectivity index (χ3n) is 3.92. The molecule has 0 unspecified atom stereocenters. The van der Waals surface area contributed by atoms with E-state index in [9.17, 15) is 18.4 Å². The lowest BCUT2D eigenvalue weighted by molar-refractivity contribution is -0.121. The van der Waals surface area contributed by atoms with Crippen LogP contribution < -0.4 is 9.64 Å². The van der Waals surface area contributed by atoms with Gasteiger partial charge in [-0.25, -0.2) is 8.78 Å². The number of carbonyl (C=O) groups is 2. The van der Waals surface area contributed by atoms with E-state index in [0.717, 1.165) is 6.07 Å². The molecular formula is C16H9F2NO3. The predicted octanol–water partition coefficient (Wildman–Crippen LogP) is 2.43. The average molecular weight is 301 g/mol. The first-order valence-corrected chi connectivity index (χ1v) is 6.65. The van der Waals surface area contributed by atoms with E-state index in [4.69, 9.17) is 4.74 Å². The standard InChI is InChI=1S/C16H9F2NO3/c17-11-5-4-8-10(14(11)18)6-19-13(20)7-22-12-3-1-2-9(15(12)19)16(8)21/h1-5H,6-7H2. The van der Waals surface area contributed by atoms with E-state index < -0.39 is 23.3 Å². The number of rotatable bonds is 0. The number of ether oxygens (including phenoxy) is 1. The summed E-state index contributed by atoms with van der Waals surface area (Å²) in [5.41, 5.74) is 0.520. The lowest BCUT2D eigenvalue weighted by Gasteiger charge is -2.29. The summed E-state index contributed by atoms with van der Waals surface area (Å²) in [4.78, 5) is 26.0. The van der Waals surface area contributed by atoms with Gasteiger partial charge in [0.15, 0.2) is 24.0 Å². The molecule has 0 radical (unpaired) electrons. The minimum absolute atomic E-state index is 0.0644. The van der Waals surface area contributed by atoms with Crippen LogP contribution in [0.15, 0.2) is 30.3 Å². The maximum atomic E-state index is 14.1. The molecular weight excluding hydrogens is 292 g/mol. The van der Waals surface area contributed by atoms with Crippen LogP contribution in [0.5, 0.6) is 5.75 Å². The van der Waals surface area contributed by atoms with Crippen molar-refractivity contribution >= 4 is 17.4 Å². The van der Waals surface area contributed by atoms with Crippen LogP contribution in [0, 0.1) is 11.6 Å². The summed E-state index contributed by atoms with van der Waals surface area (Å²) in [6.07, 6.45) is 0. The van der Waals surface area contributed by atoms with Gasteiger partial charge in [-0.2, -0.15) is 0 Å². The van der Waals surface area contributed by atoms with E-state index in [1.54, 1.807) is 18.2 Å². The van der Waals surface area contributed by atoms with Crippen molar-refractivity contribution in [2.45, 2.75) is 6.54 Å². The summed E-state index contributed by atoms with van der Waals surface area (Å²) >= 11 is 0. The van der Waals surface area contributed by atoms with Crippen LogP contribution >= 0.6 is 0 Å². The van der Waals surface area contributed by atoms with Crippen LogP contribution in [0.2, 0.25) is 0 Å². The van der Waals surface area contributed by atoms with Crippen molar-refractivity contribution in [1.29, 1.82) is 0 Å². The predicted molar refractivity (Wildman–Crippen MR) is 72.9 cm³/mol. The van der Waals surface area contributed by atoms with Crippen LogP contribution in [0.1, 0.15) is 21.5 Å². The highest BCUT2D eigenvalue weighted by Gasteiger charge is 2.36. The lowest BCUT2D eigenvalue weighted by Crippen LogP contribution is -2.38. The highest BCUT2D eigenvalue weighted by atomic mass is 19.2. The summed E-state index contributed by atoms with van der Waals surface area (Å²) in [5, 5.41) is 0. The second kappa shape index (κ2) is 4.37. The van der Waals surface area contributed by atoms with E-state index in [1.165, 1.54) is 11.0 Å². The van der Waals surface area contributed by atoms with Crippen molar-refractivity contribution in [2.75, 3.05) is 11.5 Å². The number of carbonyl (C=O) groups excluding carboxylic acids is 2. The molecule has 2 aromatic rings. The molecule has 0 aliphatic carbocycles. The minimum Gasteiger partial charge on any atom is -0.482 e. The number of halogens is 2. The van der Waals surface area contributed by atoms with E-state index in [0.29, 0.717) is 11.4 Å². The molecule has 0 N–H and O–H groups in total. The average Bonchev–Trinajstić information content (AvgIpc) is 2.65. The molecule has 4 rings (SSSR count). The number of para-hydroxylation sites is 1. The summed E-state index contributed by atoms with van der Waals surface area (Å²) in [5.74, 6) is -2.60. The van der Waals surface area contributed by atoms with Crippen LogP contribution in [0.25, 0.3) is 0 Å². The first kappa shape index (κ1) is 12.9. The third-order valence-corrected chi connectivity index (χ3v) is 3.92. The molecule has 2 aromatic carbocycles. The monoisotopic (exact) mass is 301 g/mol. The largest absolute Gasteiger partial charge is 0.482 e. The number of ketones is 1. The highest BCUT2D eigenvalue weighted by molar-refractivity contribution is 6.17. The summed E-state index contributed by atoms with van der Waals surface area (Å²) in [6, 6.07) is 6.98. The van der Waals surface area contributed by atoms with Gasteiger partial charge in [0.05, 0.1) is 17.8 Å². The Kier molecular flexibility index (Phi) is 2.57. The SMILES string of the molecule is O=C1c2ccc(F)c(F)c2CN2C(=O)COc3cccc1c32. The molecule has 0 fully saturated rings. The van der Waals surface area contributed by atoms with Crippen molar-refractivity contribution in [2.24, 2.45) is 0 Å². The van der Waals surface area contributed by atoms with E-state index in [-0.39, 0.29) is 29.8 Å². The Morgan fingerprint density at radius 1 is 1.05 bits per heavy atom. The minimum atomic E-state index is -1.10. The summed E-state index contributed by atoms with van der Waals surface area (Å²) < 4.78 is 32.9. The fourth-order valence-electron chi connectivity index (χ4n) is 2.87. The molecule has 2 aliphatic heterocycles. The molecule has 2 aliphatic rings. The Bertz CT molecular complexity index is 848. The van der Waals surface area contributed by atoms with E-state index in [2.05, 4.69) is 0 Å². The van der Waals surface area contributed by atoms with Gasteiger partial charge in [-0.3, -0.25) is 9.59 Å². The molecule has 6 heteroatoms. The van der Waals surface area contributed by atoms with Crippen LogP contribution in [-0.4, -0.2) is 18.3 Å². The Hall–Kier alpha value is -2.76. The number of hydrogen-bond donors (Lipinski definition) is 0. The molecule has 0 bridgehead atoms. The van der Waals surface area contributed by atoms with Gasteiger partial charge in [0, 0.05) is 11.1 Å². The van der Waals surface area contributed by atoms with E-state index >= 15 is 0 Å². The quantitative estimate of drug-likeness (QED) is 0.751. The van der Waals surface area contributed by atoms with Crippen LogP contribution in [0.4, 0.5) is 14.5 Å². The molecule has 4 nitrogen and oxygen atoms in total. The number of nitrogens with zero attached hydrogens (tertiary/aromatic N) is 1. The normalized spacial score (nSPS) is 15.8. The molecule has 0 atom stereocenters. The molecule has 110 valence electrons. The number of hydrogen-bond acceptors (Lipinski definition) is 3. The summed E-state index contributed by atoms with van der Waals surface area (Å²) in [7, 11) is 0.